The number of carboxylic acids is 1. The Morgan fingerprint density at radius 2 is 2.05 bits per heavy atom. The molecular weight excluding hydrogens is 246 g/mol. The van der Waals surface area contributed by atoms with Crippen LogP contribution in [0.2, 0.25) is 0 Å². The molecule has 0 fully saturated rings. The van der Waals surface area contributed by atoms with Crippen molar-refractivity contribution in [2.75, 3.05) is 0 Å². The molecule has 0 aliphatic heterocycles. The Hall–Kier alpha value is -1.69. The summed E-state index contributed by atoms with van der Waals surface area (Å²) in [6.45, 7) is 5.80. The molecule has 106 valence electrons. The fourth-order valence-electron chi connectivity index (χ4n) is 1.66. The van der Waals surface area contributed by atoms with Gasteiger partial charge in [-0.3, -0.25) is 14.3 Å². The van der Waals surface area contributed by atoms with Gasteiger partial charge in [-0.2, -0.15) is 5.10 Å². The van der Waals surface area contributed by atoms with Crippen molar-refractivity contribution < 1.29 is 14.7 Å². The minimum absolute atomic E-state index is 0.0172. The van der Waals surface area contributed by atoms with E-state index in [9.17, 15) is 9.59 Å². The SMILES string of the molecule is CC(C)(C)C(=O)CC(CC(=O)O)n1cc(CN)cn1. The average molecular weight is 267 g/mol. The Kier molecular flexibility index (Phi) is 4.83. The number of nitrogens with zero attached hydrogens (tertiary/aromatic N) is 2. The number of carboxylic acid groups (broad SMARTS) is 1. The van der Waals surface area contributed by atoms with Crippen molar-refractivity contribution in [1.29, 1.82) is 0 Å². The summed E-state index contributed by atoms with van der Waals surface area (Å²) < 4.78 is 1.53. The highest BCUT2D eigenvalue weighted by Gasteiger charge is 2.27. The van der Waals surface area contributed by atoms with E-state index in [2.05, 4.69) is 5.10 Å². The van der Waals surface area contributed by atoms with Crippen molar-refractivity contribution in [2.45, 2.75) is 46.2 Å². The molecule has 1 aromatic heterocycles. The van der Waals surface area contributed by atoms with E-state index in [-0.39, 0.29) is 18.6 Å². The maximum Gasteiger partial charge on any atom is 0.305 e. The zero-order valence-electron chi connectivity index (χ0n) is 11.6. The van der Waals surface area contributed by atoms with Crippen LogP contribution in [0.1, 0.15) is 45.2 Å². The second kappa shape index (κ2) is 5.97. The number of aromatic nitrogens is 2. The number of hydrogen-bond donors (Lipinski definition) is 2. The molecular formula is C13H21N3O3. The van der Waals surface area contributed by atoms with Crippen LogP contribution in [-0.2, 0) is 16.1 Å². The van der Waals surface area contributed by atoms with Crippen molar-refractivity contribution in [3.05, 3.63) is 18.0 Å². The second-order valence-corrected chi connectivity index (χ2v) is 5.66. The minimum Gasteiger partial charge on any atom is -0.481 e. The molecule has 1 rings (SSSR count). The van der Waals surface area contributed by atoms with Crippen LogP contribution in [0.4, 0.5) is 0 Å². The number of ketones is 1. The summed E-state index contributed by atoms with van der Waals surface area (Å²) >= 11 is 0. The topological polar surface area (TPSA) is 98.2 Å². The third kappa shape index (κ3) is 4.48. The van der Waals surface area contributed by atoms with Gasteiger partial charge in [-0.05, 0) is 0 Å². The van der Waals surface area contributed by atoms with Crippen LogP contribution >= 0.6 is 0 Å². The lowest BCUT2D eigenvalue weighted by atomic mass is 9.86. The molecule has 0 aliphatic carbocycles. The monoisotopic (exact) mass is 267 g/mol. The predicted molar refractivity (Wildman–Crippen MR) is 70.5 cm³/mol. The summed E-state index contributed by atoms with van der Waals surface area (Å²) in [6.07, 6.45) is 3.31. The lowest BCUT2D eigenvalue weighted by molar-refractivity contribution is -0.138. The van der Waals surface area contributed by atoms with Gasteiger partial charge in [0.1, 0.15) is 5.78 Å². The van der Waals surface area contributed by atoms with Gasteiger partial charge in [-0.1, -0.05) is 20.8 Å². The molecule has 6 nitrogen and oxygen atoms in total. The Morgan fingerprint density at radius 1 is 1.42 bits per heavy atom. The Labute approximate surface area is 112 Å². The van der Waals surface area contributed by atoms with Crippen molar-refractivity contribution in [3.8, 4) is 0 Å². The summed E-state index contributed by atoms with van der Waals surface area (Å²) in [7, 11) is 0. The summed E-state index contributed by atoms with van der Waals surface area (Å²) in [4.78, 5) is 23.0. The van der Waals surface area contributed by atoms with Gasteiger partial charge in [0.05, 0.1) is 18.7 Å². The molecule has 0 bridgehead atoms. The van der Waals surface area contributed by atoms with Gasteiger partial charge in [0.15, 0.2) is 0 Å². The summed E-state index contributed by atoms with van der Waals surface area (Å²) in [6, 6.07) is -0.468. The molecule has 1 atom stereocenters. The number of carbonyl (C=O) groups is 2. The van der Waals surface area contributed by atoms with E-state index in [1.807, 2.05) is 20.8 Å². The first-order valence-corrected chi connectivity index (χ1v) is 6.22. The van der Waals surface area contributed by atoms with Crippen LogP contribution in [-0.4, -0.2) is 26.6 Å². The Bertz CT molecular complexity index is 460. The van der Waals surface area contributed by atoms with Crippen LogP contribution in [0.15, 0.2) is 12.4 Å². The number of hydrogen-bond acceptors (Lipinski definition) is 4. The van der Waals surface area contributed by atoms with Gasteiger partial charge >= 0.3 is 5.97 Å². The standard InChI is InChI=1S/C13H21N3O3/c1-13(2,3)11(17)4-10(5-12(18)19)16-8-9(6-14)7-15-16/h7-8,10H,4-6,14H2,1-3H3,(H,18,19). The van der Waals surface area contributed by atoms with Gasteiger partial charge in [0, 0.05) is 30.1 Å². The lowest BCUT2D eigenvalue weighted by Crippen LogP contribution is -2.26. The van der Waals surface area contributed by atoms with E-state index in [0.717, 1.165) is 5.56 Å². The smallest absolute Gasteiger partial charge is 0.305 e. The molecule has 0 saturated heterocycles. The number of aliphatic carboxylic acids is 1. The van der Waals surface area contributed by atoms with Gasteiger partial charge < -0.3 is 10.8 Å². The van der Waals surface area contributed by atoms with Crippen molar-refractivity contribution >= 4 is 11.8 Å². The number of rotatable bonds is 6. The summed E-state index contributed by atoms with van der Waals surface area (Å²) in [5, 5.41) is 13.0. The normalized spacial score (nSPS) is 13.3. The molecule has 6 heteroatoms. The van der Waals surface area contributed by atoms with E-state index in [0.29, 0.717) is 6.54 Å². The average Bonchev–Trinajstić information content (AvgIpc) is 2.74. The van der Waals surface area contributed by atoms with Crippen LogP contribution in [0, 0.1) is 5.41 Å². The molecule has 1 heterocycles. The van der Waals surface area contributed by atoms with E-state index < -0.39 is 17.4 Å². The molecule has 0 aliphatic rings. The highest BCUT2D eigenvalue weighted by molar-refractivity contribution is 5.84. The van der Waals surface area contributed by atoms with Gasteiger partial charge in [0.2, 0.25) is 0 Å². The first kappa shape index (κ1) is 15.4. The second-order valence-electron chi connectivity index (χ2n) is 5.66. The quantitative estimate of drug-likeness (QED) is 0.811. The molecule has 0 radical (unpaired) electrons. The van der Waals surface area contributed by atoms with E-state index in [1.165, 1.54) is 4.68 Å². The van der Waals surface area contributed by atoms with Gasteiger partial charge in [-0.15, -0.1) is 0 Å². The number of nitrogens with two attached hydrogens (primary N) is 1. The van der Waals surface area contributed by atoms with Crippen molar-refractivity contribution in [1.82, 2.24) is 9.78 Å². The summed E-state index contributed by atoms with van der Waals surface area (Å²) in [5.41, 5.74) is 5.83. The third-order valence-corrected chi connectivity index (χ3v) is 2.93. The molecule has 19 heavy (non-hydrogen) atoms. The van der Waals surface area contributed by atoms with Crippen LogP contribution < -0.4 is 5.73 Å². The van der Waals surface area contributed by atoms with Crippen LogP contribution in [0.3, 0.4) is 0 Å². The van der Waals surface area contributed by atoms with Gasteiger partial charge in [0.25, 0.3) is 0 Å². The number of carbonyl (C=O) groups excluding carboxylic acids is 1. The molecule has 0 amide bonds. The van der Waals surface area contributed by atoms with Crippen molar-refractivity contribution in [2.24, 2.45) is 11.1 Å². The zero-order chi connectivity index (χ0) is 14.6. The lowest BCUT2D eigenvalue weighted by Gasteiger charge is -2.21. The largest absolute Gasteiger partial charge is 0.481 e. The maximum absolute atomic E-state index is 12.0. The fraction of sp³-hybridized carbons (Fsp3) is 0.615. The van der Waals surface area contributed by atoms with E-state index in [1.54, 1.807) is 12.4 Å². The molecule has 1 aromatic rings. The van der Waals surface area contributed by atoms with Gasteiger partial charge in [-0.25, -0.2) is 0 Å². The van der Waals surface area contributed by atoms with Crippen LogP contribution in [0.5, 0.6) is 0 Å². The van der Waals surface area contributed by atoms with Crippen LogP contribution in [0.25, 0.3) is 0 Å². The molecule has 3 N–H and O–H groups in total. The van der Waals surface area contributed by atoms with E-state index >= 15 is 0 Å². The number of Topliss-reactive ketones (excluding diaryl/α,β-unsaturated/α-hetero) is 1. The molecule has 1 unspecified atom stereocenters. The first-order chi connectivity index (χ1) is 8.74. The third-order valence-electron chi connectivity index (χ3n) is 2.93. The maximum atomic E-state index is 12.0. The Balaban J connectivity index is 2.89. The first-order valence-electron chi connectivity index (χ1n) is 6.22. The van der Waals surface area contributed by atoms with E-state index in [4.69, 9.17) is 10.8 Å². The minimum atomic E-state index is -0.948. The molecule has 0 saturated carbocycles. The molecule has 0 aromatic carbocycles. The highest BCUT2D eigenvalue weighted by atomic mass is 16.4. The summed E-state index contributed by atoms with van der Waals surface area (Å²) in [5.74, 6) is -0.931. The Morgan fingerprint density at radius 3 is 2.47 bits per heavy atom. The molecule has 0 spiro atoms. The highest BCUT2D eigenvalue weighted by Crippen LogP contribution is 2.24. The fourth-order valence-corrected chi connectivity index (χ4v) is 1.66. The zero-order valence-corrected chi connectivity index (χ0v) is 11.6. The predicted octanol–water partition coefficient (Wildman–Crippen LogP) is 1.36. The van der Waals surface area contributed by atoms with Crippen molar-refractivity contribution in [3.63, 3.8) is 0 Å².